The quantitative estimate of drug-likeness (QED) is 0.927. The molecule has 0 aromatic carbocycles. The maximum Gasteiger partial charge on any atom is 0.433 e. The maximum atomic E-state index is 12.7. The van der Waals surface area contributed by atoms with Gasteiger partial charge in [-0.2, -0.15) is 13.2 Å². The molecule has 0 aliphatic heterocycles. The number of alkyl halides is 3. The highest BCUT2D eigenvalue weighted by Crippen LogP contribution is 2.29. The topological polar surface area (TPSA) is 41.0 Å². The number of hydrogen-bond acceptors (Lipinski definition) is 4. The zero-order valence-corrected chi connectivity index (χ0v) is 11.6. The SMILES string of the molecule is CNC1CCC(N(C)c2nccc(C(F)(F)F)n2)CC1. The average molecular weight is 288 g/mol. The van der Waals surface area contributed by atoms with E-state index in [4.69, 9.17) is 0 Å². The number of anilines is 1. The predicted molar refractivity (Wildman–Crippen MR) is 70.5 cm³/mol. The third kappa shape index (κ3) is 3.39. The highest BCUT2D eigenvalue weighted by atomic mass is 19.4. The van der Waals surface area contributed by atoms with Gasteiger partial charge in [-0.05, 0) is 38.8 Å². The van der Waals surface area contributed by atoms with Crippen LogP contribution < -0.4 is 10.2 Å². The zero-order valence-electron chi connectivity index (χ0n) is 11.6. The van der Waals surface area contributed by atoms with Gasteiger partial charge in [0.05, 0.1) is 0 Å². The van der Waals surface area contributed by atoms with E-state index in [2.05, 4.69) is 15.3 Å². The van der Waals surface area contributed by atoms with E-state index in [-0.39, 0.29) is 12.0 Å². The number of nitrogens with zero attached hydrogens (tertiary/aromatic N) is 3. The molecule has 1 aliphatic rings. The molecule has 0 unspecified atom stereocenters. The van der Waals surface area contributed by atoms with Crippen LogP contribution in [0.5, 0.6) is 0 Å². The van der Waals surface area contributed by atoms with E-state index >= 15 is 0 Å². The Kier molecular flexibility index (Phi) is 4.47. The molecule has 1 N–H and O–H groups in total. The largest absolute Gasteiger partial charge is 0.433 e. The molecular formula is C13H19F3N4. The number of hydrogen-bond donors (Lipinski definition) is 1. The third-order valence-electron chi connectivity index (χ3n) is 3.90. The van der Waals surface area contributed by atoms with Crippen molar-refractivity contribution < 1.29 is 13.2 Å². The second-order valence-corrected chi connectivity index (χ2v) is 5.14. The summed E-state index contributed by atoms with van der Waals surface area (Å²) in [6.07, 6.45) is 0.640. The Balaban J connectivity index is 2.08. The Bertz CT molecular complexity index is 441. The molecule has 0 spiro atoms. The normalized spacial score (nSPS) is 23.6. The molecule has 2 rings (SSSR count). The molecule has 0 bridgehead atoms. The average Bonchev–Trinajstić information content (AvgIpc) is 2.46. The molecule has 1 aliphatic carbocycles. The van der Waals surface area contributed by atoms with Crippen molar-refractivity contribution in [1.29, 1.82) is 0 Å². The molecule has 0 atom stereocenters. The second kappa shape index (κ2) is 5.95. The summed E-state index contributed by atoms with van der Waals surface area (Å²) in [6.45, 7) is 0. The summed E-state index contributed by atoms with van der Waals surface area (Å²) in [5.41, 5.74) is -0.890. The summed E-state index contributed by atoms with van der Waals surface area (Å²) in [7, 11) is 3.70. The Morgan fingerprint density at radius 1 is 1.25 bits per heavy atom. The summed E-state index contributed by atoms with van der Waals surface area (Å²) in [4.78, 5) is 9.36. The molecule has 4 nitrogen and oxygen atoms in total. The van der Waals surface area contributed by atoms with Crippen LogP contribution in [0.15, 0.2) is 12.3 Å². The molecular weight excluding hydrogens is 269 g/mol. The first kappa shape index (κ1) is 15.0. The molecule has 0 radical (unpaired) electrons. The Hall–Kier alpha value is -1.37. The van der Waals surface area contributed by atoms with Gasteiger partial charge in [0.1, 0.15) is 5.69 Å². The first-order chi connectivity index (χ1) is 9.41. The third-order valence-corrected chi connectivity index (χ3v) is 3.90. The van der Waals surface area contributed by atoms with Crippen LogP contribution in [0.3, 0.4) is 0 Å². The minimum absolute atomic E-state index is 0.146. The summed E-state index contributed by atoms with van der Waals surface area (Å²) < 4.78 is 38.0. The molecule has 112 valence electrons. The van der Waals surface area contributed by atoms with Crippen molar-refractivity contribution >= 4 is 5.95 Å². The molecule has 1 saturated carbocycles. The molecule has 1 heterocycles. The monoisotopic (exact) mass is 288 g/mol. The van der Waals surface area contributed by atoms with Gasteiger partial charge in [-0.1, -0.05) is 0 Å². The highest BCUT2D eigenvalue weighted by Gasteiger charge is 2.33. The minimum Gasteiger partial charge on any atom is -0.341 e. The van der Waals surface area contributed by atoms with Crippen LogP contribution in [0.1, 0.15) is 31.4 Å². The molecule has 1 fully saturated rings. The molecule has 1 aromatic rings. The van der Waals surface area contributed by atoms with Gasteiger partial charge in [0.25, 0.3) is 0 Å². The van der Waals surface area contributed by atoms with Gasteiger partial charge in [0.15, 0.2) is 0 Å². The number of rotatable bonds is 3. The summed E-state index contributed by atoms with van der Waals surface area (Å²) in [5, 5.41) is 3.23. The molecule has 0 saturated heterocycles. The van der Waals surface area contributed by atoms with E-state index in [1.165, 1.54) is 6.20 Å². The van der Waals surface area contributed by atoms with Crippen molar-refractivity contribution in [2.75, 3.05) is 19.0 Å². The molecule has 1 aromatic heterocycles. The van der Waals surface area contributed by atoms with E-state index < -0.39 is 11.9 Å². The lowest BCUT2D eigenvalue weighted by molar-refractivity contribution is -0.141. The number of nitrogens with one attached hydrogen (secondary N) is 1. The van der Waals surface area contributed by atoms with E-state index in [9.17, 15) is 13.2 Å². The second-order valence-electron chi connectivity index (χ2n) is 5.14. The Morgan fingerprint density at radius 2 is 1.90 bits per heavy atom. The Morgan fingerprint density at radius 3 is 2.45 bits per heavy atom. The van der Waals surface area contributed by atoms with Crippen LogP contribution in [-0.2, 0) is 6.18 Å². The van der Waals surface area contributed by atoms with Crippen molar-refractivity contribution in [3.8, 4) is 0 Å². The van der Waals surface area contributed by atoms with Crippen LogP contribution in [0.4, 0.5) is 19.1 Å². The fourth-order valence-corrected chi connectivity index (χ4v) is 2.59. The van der Waals surface area contributed by atoms with Gasteiger partial charge in [-0.3, -0.25) is 0 Å². The van der Waals surface area contributed by atoms with Gasteiger partial charge in [-0.25, -0.2) is 9.97 Å². The van der Waals surface area contributed by atoms with E-state index in [1.54, 1.807) is 11.9 Å². The van der Waals surface area contributed by atoms with Crippen LogP contribution in [0.2, 0.25) is 0 Å². The van der Waals surface area contributed by atoms with Gasteiger partial charge >= 0.3 is 6.18 Å². The lowest BCUT2D eigenvalue weighted by Crippen LogP contribution is -2.40. The molecule has 0 amide bonds. The number of aromatic nitrogens is 2. The molecule has 20 heavy (non-hydrogen) atoms. The predicted octanol–water partition coefficient (Wildman–Crippen LogP) is 2.46. The highest BCUT2D eigenvalue weighted by molar-refractivity contribution is 5.31. The van der Waals surface area contributed by atoms with Crippen molar-refractivity contribution in [2.45, 2.75) is 43.9 Å². The molecule has 7 heteroatoms. The smallest absolute Gasteiger partial charge is 0.341 e. The number of halogens is 3. The van der Waals surface area contributed by atoms with Crippen LogP contribution in [-0.4, -0.2) is 36.1 Å². The first-order valence-electron chi connectivity index (χ1n) is 6.72. The standard InChI is InChI=1S/C13H19F3N4/c1-17-9-3-5-10(6-4-9)20(2)12-18-8-7-11(19-12)13(14,15)16/h7-10,17H,3-6H2,1-2H3. The maximum absolute atomic E-state index is 12.7. The first-order valence-corrected chi connectivity index (χ1v) is 6.72. The van der Waals surface area contributed by atoms with Gasteiger partial charge in [0, 0.05) is 25.3 Å². The minimum atomic E-state index is -4.43. The van der Waals surface area contributed by atoms with Crippen LogP contribution in [0, 0.1) is 0 Å². The van der Waals surface area contributed by atoms with Crippen LogP contribution in [0.25, 0.3) is 0 Å². The van der Waals surface area contributed by atoms with Crippen molar-refractivity contribution in [3.05, 3.63) is 18.0 Å². The van der Waals surface area contributed by atoms with Crippen LogP contribution >= 0.6 is 0 Å². The van der Waals surface area contributed by atoms with E-state index in [1.807, 2.05) is 7.05 Å². The fourth-order valence-electron chi connectivity index (χ4n) is 2.59. The lowest BCUT2D eigenvalue weighted by atomic mass is 9.90. The van der Waals surface area contributed by atoms with Crippen molar-refractivity contribution in [3.63, 3.8) is 0 Å². The van der Waals surface area contributed by atoms with Gasteiger partial charge < -0.3 is 10.2 Å². The van der Waals surface area contributed by atoms with E-state index in [0.29, 0.717) is 6.04 Å². The fraction of sp³-hybridized carbons (Fsp3) is 0.692. The zero-order chi connectivity index (χ0) is 14.8. The van der Waals surface area contributed by atoms with Gasteiger partial charge in [-0.15, -0.1) is 0 Å². The van der Waals surface area contributed by atoms with Gasteiger partial charge in [0.2, 0.25) is 5.95 Å². The summed E-state index contributed by atoms with van der Waals surface area (Å²) >= 11 is 0. The summed E-state index contributed by atoms with van der Waals surface area (Å²) in [6, 6.07) is 1.60. The lowest BCUT2D eigenvalue weighted by Gasteiger charge is -2.34. The Labute approximate surface area is 116 Å². The summed E-state index contributed by atoms with van der Waals surface area (Å²) in [5.74, 6) is 0.146. The van der Waals surface area contributed by atoms with Crippen molar-refractivity contribution in [2.24, 2.45) is 0 Å². The van der Waals surface area contributed by atoms with E-state index in [0.717, 1.165) is 31.7 Å². The van der Waals surface area contributed by atoms with Crippen molar-refractivity contribution in [1.82, 2.24) is 15.3 Å².